The van der Waals surface area contributed by atoms with Crippen LogP contribution in [-0.4, -0.2) is 19.2 Å². The number of carbonyl (C=O) groups excluding carboxylic acids is 1. The minimum absolute atomic E-state index is 0.581. The molecule has 0 radical (unpaired) electrons. The number of nitrogens with two attached hydrogens (primary N) is 1. The van der Waals surface area contributed by atoms with Gasteiger partial charge in [-0.3, -0.25) is 0 Å². The van der Waals surface area contributed by atoms with Crippen molar-refractivity contribution in [2.45, 2.75) is 26.2 Å². The Hall–Kier alpha value is -2.86. The van der Waals surface area contributed by atoms with Crippen molar-refractivity contribution in [1.29, 1.82) is 0 Å². The average molecular weight is 411 g/mol. The molecule has 0 aliphatic heterocycles. The van der Waals surface area contributed by atoms with Gasteiger partial charge in [-0.15, -0.1) is 0 Å². The highest BCUT2D eigenvalue weighted by Gasteiger charge is 2.08. The summed E-state index contributed by atoms with van der Waals surface area (Å²) in [5.74, 6) is 1.66. The Kier molecular flexibility index (Phi) is 7.25. The zero-order valence-electron chi connectivity index (χ0n) is 16.5. The number of hydrogen-bond acceptors (Lipinski definition) is 4. The number of unbranched alkanes of at least 4 members (excludes halogenated alkanes) is 2. The van der Waals surface area contributed by atoms with Crippen LogP contribution in [0.15, 0.2) is 60.7 Å². The van der Waals surface area contributed by atoms with Crippen molar-refractivity contribution in [2.24, 2.45) is 5.73 Å². The molecule has 0 saturated carbocycles. The SMILES string of the molecule is Cc1ccc2ccccc2c1OCCCCCOc1cccc(N(S)C(N)=O)c1. The largest absolute Gasteiger partial charge is 0.494 e. The molecule has 3 aromatic carbocycles. The lowest BCUT2D eigenvalue weighted by Gasteiger charge is -2.14. The second-order valence-electron chi connectivity index (χ2n) is 6.84. The smallest absolute Gasteiger partial charge is 0.329 e. The number of fused-ring (bicyclic) bond motifs is 1. The van der Waals surface area contributed by atoms with Crippen LogP contribution in [0.3, 0.4) is 0 Å². The Balaban J connectivity index is 1.41. The number of rotatable bonds is 9. The Morgan fingerprint density at radius 2 is 1.72 bits per heavy atom. The van der Waals surface area contributed by atoms with Gasteiger partial charge in [-0.25, -0.2) is 9.10 Å². The minimum atomic E-state index is -0.632. The lowest BCUT2D eigenvalue weighted by atomic mass is 10.1. The molecular weight excluding hydrogens is 384 g/mol. The maximum atomic E-state index is 11.2. The molecule has 0 aliphatic carbocycles. The van der Waals surface area contributed by atoms with Gasteiger partial charge in [0.1, 0.15) is 11.5 Å². The highest BCUT2D eigenvalue weighted by Crippen LogP contribution is 2.29. The summed E-state index contributed by atoms with van der Waals surface area (Å²) in [6.45, 7) is 3.35. The van der Waals surface area contributed by atoms with Gasteiger partial charge in [0, 0.05) is 11.5 Å². The van der Waals surface area contributed by atoms with E-state index < -0.39 is 6.03 Å². The summed E-state index contributed by atoms with van der Waals surface area (Å²) in [4.78, 5) is 11.2. The number of hydrogen-bond donors (Lipinski definition) is 2. The third-order valence-corrected chi connectivity index (χ3v) is 5.08. The summed E-state index contributed by atoms with van der Waals surface area (Å²) in [5, 5.41) is 2.35. The molecule has 2 N–H and O–H groups in total. The molecule has 152 valence electrons. The number of carbonyl (C=O) groups is 1. The number of amides is 2. The van der Waals surface area contributed by atoms with Crippen molar-refractivity contribution in [3.8, 4) is 11.5 Å². The van der Waals surface area contributed by atoms with Gasteiger partial charge in [0.25, 0.3) is 0 Å². The van der Waals surface area contributed by atoms with Crippen molar-refractivity contribution >= 4 is 35.3 Å². The van der Waals surface area contributed by atoms with Crippen molar-refractivity contribution < 1.29 is 14.3 Å². The normalized spacial score (nSPS) is 10.7. The lowest BCUT2D eigenvalue weighted by Crippen LogP contribution is -2.27. The zero-order chi connectivity index (χ0) is 20.6. The standard InChI is InChI=1S/C23H26N2O3S/c1-17-12-13-18-8-3-4-11-21(18)22(17)28-15-6-2-5-14-27-20-10-7-9-19(16-20)25(29)23(24)26/h3-4,7-13,16,29H,2,5-6,14-15H2,1H3,(H2,24,26). The molecule has 0 heterocycles. The van der Waals surface area contributed by atoms with Crippen molar-refractivity contribution in [1.82, 2.24) is 0 Å². The molecular formula is C23H26N2O3S. The van der Waals surface area contributed by atoms with E-state index in [2.05, 4.69) is 44.0 Å². The molecule has 3 aromatic rings. The number of primary amides is 1. The number of benzene rings is 3. The first-order chi connectivity index (χ1) is 14.1. The molecule has 6 heteroatoms. The van der Waals surface area contributed by atoms with Crippen LogP contribution < -0.4 is 19.5 Å². The molecule has 0 fully saturated rings. The quantitative estimate of drug-likeness (QED) is 0.361. The summed E-state index contributed by atoms with van der Waals surface area (Å²) in [5.41, 5.74) is 6.96. The van der Waals surface area contributed by atoms with Crippen molar-refractivity contribution in [3.63, 3.8) is 0 Å². The Morgan fingerprint density at radius 3 is 2.52 bits per heavy atom. The van der Waals surface area contributed by atoms with E-state index in [4.69, 9.17) is 15.2 Å². The van der Waals surface area contributed by atoms with Gasteiger partial charge in [-0.05, 0) is 49.3 Å². The van der Waals surface area contributed by atoms with Gasteiger partial charge in [0.05, 0.1) is 18.9 Å². The molecule has 0 saturated heterocycles. The van der Waals surface area contributed by atoms with Crippen LogP contribution in [-0.2, 0) is 0 Å². The molecule has 2 amide bonds. The highest BCUT2D eigenvalue weighted by molar-refractivity contribution is 7.82. The van der Waals surface area contributed by atoms with Gasteiger partial charge in [0.15, 0.2) is 0 Å². The van der Waals surface area contributed by atoms with Crippen LogP contribution in [0, 0.1) is 6.92 Å². The van der Waals surface area contributed by atoms with Crippen LogP contribution in [0.4, 0.5) is 10.5 Å². The van der Waals surface area contributed by atoms with Gasteiger partial charge in [-0.2, -0.15) is 0 Å². The molecule has 0 aliphatic rings. The fourth-order valence-electron chi connectivity index (χ4n) is 3.12. The molecule has 0 aromatic heterocycles. The lowest BCUT2D eigenvalue weighted by molar-refractivity contribution is 0.257. The maximum Gasteiger partial charge on any atom is 0.329 e. The first kappa shape index (κ1) is 20.9. The van der Waals surface area contributed by atoms with Crippen LogP contribution in [0.2, 0.25) is 0 Å². The molecule has 0 unspecified atom stereocenters. The van der Waals surface area contributed by atoms with Crippen molar-refractivity contribution in [2.75, 3.05) is 17.5 Å². The second kappa shape index (κ2) is 10.1. The molecule has 0 spiro atoms. The summed E-state index contributed by atoms with van der Waals surface area (Å²) in [6.07, 6.45) is 2.88. The predicted molar refractivity (Wildman–Crippen MR) is 121 cm³/mol. The van der Waals surface area contributed by atoms with Gasteiger partial charge < -0.3 is 15.2 Å². The predicted octanol–water partition coefficient (Wildman–Crippen LogP) is 5.51. The summed E-state index contributed by atoms with van der Waals surface area (Å²) < 4.78 is 12.9. The zero-order valence-corrected chi connectivity index (χ0v) is 17.4. The molecule has 5 nitrogen and oxygen atoms in total. The van der Waals surface area contributed by atoms with E-state index in [-0.39, 0.29) is 0 Å². The molecule has 29 heavy (non-hydrogen) atoms. The third-order valence-electron chi connectivity index (χ3n) is 4.65. The summed E-state index contributed by atoms with van der Waals surface area (Å²) in [6, 6.07) is 19.0. The van der Waals surface area contributed by atoms with Gasteiger partial charge >= 0.3 is 6.03 Å². The Morgan fingerprint density at radius 1 is 0.966 bits per heavy atom. The summed E-state index contributed by atoms with van der Waals surface area (Å²) >= 11 is 4.06. The van der Waals surface area contributed by atoms with Crippen LogP contribution in [0.25, 0.3) is 10.8 Å². The fraction of sp³-hybridized carbons (Fsp3) is 0.261. The van der Waals surface area contributed by atoms with E-state index in [0.717, 1.165) is 40.3 Å². The van der Waals surface area contributed by atoms with Crippen LogP contribution in [0.1, 0.15) is 24.8 Å². The minimum Gasteiger partial charge on any atom is -0.494 e. The molecule has 0 atom stereocenters. The van der Waals surface area contributed by atoms with E-state index >= 15 is 0 Å². The first-order valence-corrected chi connectivity index (χ1v) is 10.1. The van der Waals surface area contributed by atoms with Gasteiger partial charge in [0.2, 0.25) is 0 Å². The Labute approximate surface area is 177 Å². The number of aryl methyl sites for hydroxylation is 1. The topological polar surface area (TPSA) is 64.8 Å². The highest BCUT2D eigenvalue weighted by atomic mass is 32.1. The molecule has 0 bridgehead atoms. The average Bonchev–Trinajstić information content (AvgIpc) is 2.74. The van der Waals surface area contributed by atoms with Crippen molar-refractivity contribution in [3.05, 3.63) is 66.2 Å². The summed E-state index contributed by atoms with van der Waals surface area (Å²) in [7, 11) is 0. The number of nitrogens with zero attached hydrogens (tertiary/aromatic N) is 1. The van der Waals surface area contributed by atoms with Gasteiger partial charge in [-0.1, -0.05) is 55.3 Å². The van der Waals surface area contributed by atoms with Crippen LogP contribution >= 0.6 is 12.8 Å². The van der Waals surface area contributed by atoms with E-state index in [9.17, 15) is 4.79 Å². The molecule has 3 rings (SSSR count). The third kappa shape index (κ3) is 5.57. The second-order valence-corrected chi connectivity index (χ2v) is 7.24. The van der Waals surface area contributed by atoms with E-state index in [1.807, 2.05) is 18.2 Å². The van der Waals surface area contributed by atoms with E-state index in [1.54, 1.807) is 18.2 Å². The monoisotopic (exact) mass is 410 g/mol. The number of ether oxygens (including phenoxy) is 2. The number of urea groups is 1. The van der Waals surface area contributed by atoms with E-state index in [0.29, 0.717) is 24.7 Å². The van der Waals surface area contributed by atoms with E-state index in [1.165, 1.54) is 5.39 Å². The number of anilines is 1. The number of thiol groups is 1. The maximum absolute atomic E-state index is 11.2. The van der Waals surface area contributed by atoms with Crippen LogP contribution in [0.5, 0.6) is 11.5 Å². The Bertz CT molecular complexity index is 977. The first-order valence-electron chi connectivity index (χ1n) is 9.69. The fourth-order valence-corrected chi connectivity index (χ4v) is 3.25.